The number of rotatable bonds is 5. The van der Waals surface area contributed by atoms with Gasteiger partial charge in [-0.3, -0.25) is 5.10 Å². The summed E-state index contributed by atoms with van der Waals surface area (Å²) in [4.78, 5) is 0. The Morgan fingerprint density at radius 1 is 1.30 bits per heavy atom. The number of H-pyrrole nitrogens is 1. The van der Waals surface area contributed by atoms with E-state index in [1.54, 1.807) is 6.21 Å². The van der Waals surface area contributed by atoms with Gasteiger partial charge in [-0.25, -0.2) is 0 Å². The van der Waals surface area contributed by atoms with E-state index < -0.39 is 0 Å². The zero-order chi connectivity index (χ0) is 16.2. The van der Waals surface area contributed by atoms with E-state index in [1.165, 1.54) is 4.68 Å². The Balaban J connectivity index is 1.67. The van der Waals surface area contributed by atoms with Crippen LogP contribution >= 0.6 is 12.2 Å². The molecule has 2 aromatic heterocycles. The molecule has 0 aliphatic heterocycles. The molecule has 1 N–H and O–H groups in total. The summed E-state index contributed by atoms with van der Waals surface area (Å²) in [7, 11) is 0. The molecule has 118 valence electrons. The van der Waals surface area contributed by atoms with E-state index in [4.69, 9.17) is 21.4 Å². The average molecular weight is 328 g/mol. The van der Waals surface area contributed by atoms with Crippen molar-refractivity contribution in [1.29, 1.82) is 0 Å². The van der Waals surface area contributed by atoms with Crippen molar-refractivity contribution in [2.75, 3.05) is 0 Å². The van der Waals surface area contributed by atoms with Gasteiger partial charge in [0.1, 0.15) is 29.7 Å². The highest BCUT2D eigenvalue weighted by molar-refractivity contribution is 7.71. The number of aromatic amines is 1. The van der Waals surface area contributed by atoms with Crippen LogP contribution in [0.25, 0.3) is 0 Å². The number of ether oxygens (including phenoxy) is 1. The van der Waals surface area contributed by atoms with Crippen LogP contribution in [0.2, 0.25) is 0 Å². The van der Waals surface area contributed by atoms with Gasteiger partial charge < -0.3 is 9.15 Å². The second-order valence-electron chi connectivity index (χ2n) is 4.99. The highest BCUT2D eigenvalue weighted by atomic mass is 32.1. The molecule has 7 heteroatoms. The summed E-state index contributed by atoms with van der Waals surface area (Å²) in [6.07, 6.45) is 1.59. The second kappa shape index (κ2) is 6.62. The fourth-order valence-electron chi connectivity index (χ4n) is 2.03. The topological polar surface area (TPSA) is 68.3 Å². The van der Waals surface area contributed by atoms with Crippen LogP contribution in [-0.4, -0.2) is 21.1 Å². The minimum absolute atomic E-state index is 0.364. The van der Waals surface area contributed by atoms with Crippen molar-refractivity contribution in [1.82, 2.24) is 14.9 Å². The first-order valence-corrected chi connectivity index (χ1v) is 7.50. The van der Waals surface area contributed by atoms with Crippen molar-refractivity contribution in [3.63, 3.8) is 0 Å². The molecule has 0 unspecified atom stereocenters. The Bertz CT molecular complexity index is 891. The fourth-order valence-corrected chi connectivity index (χ4v) is 2.25. The lowest BCUT2D eigenvalue weighted by atomic mass is 10.2. The van der Waals surface area contributed by atoms with Gasteiger partial charge in [0, 0.05) is 0 Å². The molecule has 0 spiro atoms. The van der Waals surface area contributed by atoms with Crippen LogP contribution in [0.1, 0.15) is 22.9 Å². The first-order chi connectivity index (χ1) is 11.1. The summed E-state index contributed by atoms with van der Waals surface area (Å²) in [5.74, 6) is 2.87. The van der Waals surface area contributed by atoms with Crippen LogP contribution in [0.4, 0.5) is 0 Å². The lowest BCUT2D eigenvalue weighted by molar-refractivity contribution is 0.268. The Morgan fingerprint density at radius 2 is 2.13 bits per heavy atom. The van der Waals surface area contributed by atoms with E-state index in [9.17, 15) is 0 Å². The second-order valence-corrected chi connectivity index (χ2v) is 5.38. The fraction of sp³-hybridized carbons (Fsp3) is 0.188. The molecule has 2 heterocycles. The normalized spacial score (nSPS) is 11.2. The number of aryl methyl sites for hydroxylation is 2. The van der Waals surface area contributed by atoms with Crippen molar-refractivity contribution in [3.8, 4) is 5.75 Å². The maximum atomic E-state index is 5.75. The van der Waals surface area contributed by atoms with Gasteiger partial charge in [-0.2, -0.15) is 14.9 Å². The SMILES string of the molecule is Cc1ccccc1OCc1ccc(/C=N\n2c(C)n[nH]c2=S)o1. The van der Waals surface area contributed by atoms with Crippen LogP contribution in [0, 0.1) is 18.6 Å². The van der Waals surface area contributed by atoms with E-state index in [-0.39, 0.29) is 0 Å². The lowest BCUT2D eigenvalue weighted by Crippen LogP contribution is -1.95. The Morgan fingerprint density at radius 3 is 2.87 bits per heavy atom. The minimum atomic E-state index is 0.364. The van der Waals surface area contributed by atoms with Crippen LogP contribution in [0.3, 0.4) is 0 Å². The molecule has 0 amide bonds. The number of aromatic nitrogens is 3. The predicted octanol–water partition coefficient (Wildman–Crippen LogP) is 3.61. The van der Waals surface area contributed by atoms with E-state index >= 15 is 0 Å². The van der Waals surface area contributed by atoms with Crippen LogP contribution in [0.15, 0.2) is 45.9 Å². The van der Waals surface area contributed by atoms with Crippen molar-refractivity contribution in [2.24, 2.45) is 5.10 Å². The Labute approximate surface area is 138 Å². The molecule has 0 atom stereocenters. The lowest BCUT2D eigenvalue weighted by Gasteiger charge is -2.06. The number of para-hydroxylation sites is 1. The number of nitrogens with one attached hydrogen (secondary N) is 1. The van der Waals surface area contributed by atoms with Crippen LogP contribution < -0.4 is 4.74 Å². The molecule has 0 radical (unpaired) electrons. The predicted molar refractivity (Wildman–Crippen MR) is 89.4 cm³/mol. The van der Waals surface area contributed by atoms with E-state index in [2.05, 4.69) is 15.3 Å². The summed E-state index contributed by atoms with van der Waals surface area (Å²) in [6, 6.07) is 11.6. The summed E-state index contributed by atoms with van der Waals surface area (Å²) in [6.45, 7) is 4.18. The first-order valence-electron chi connectivity index (χ1n) is 7.09. The molecular formula is C16H16N4O2S. The van der Waals surface area contributed by atoms with Crippen molar-refractivity contribution in [3.05, 3.63) is 64.1 Å². The minimum Gasteiger partial charge on any atom is -0.485 e. The largest absolute Gasteiger partial charge is 0.485 e. The van der Waals surface area contributed by atoms with Crippen molar-refractivity contribution < 1.29 is 9.15 Å². The Hall–Kier alpha value is -2.67. The number of furan rings is 1. The molecular weight excluding hydrogens is 312 g/mol. The first kappa shape index (κ1) is 15.2. The smallest absolute Gasteiger partial charge is 0.216 e. The molecule has 0 aliphatic rings. The number of hydrogen-bond donors (Lipinski definition) is 1. The monoisotopic (exact) mass is 328 g/mol. The molecule has 6 nitrogen and oxygen atoms in total. The van der Waals surface area contributed by atoms with Crippen LogP contribution in [-0.2, 0) is 6.61 Å². The van der Waals surface area contributed by atoms with Crippen molar-refractivity contribution in [2.45, 2.75) is 20.5 Å². The molecule has 1 aromatic carbocycles. The molecule has 0 bridgehead atoms. The van der Waals surface area contributed by atoms with Gasteiger partial charge in [0.25, 0.3) is 0 Å². The molecule has 3 aromatic rings. The van der Waals surface area contributed by atoms with Crippen molar-refractivity contribution >= 4 is 18.4 Å². The van der Waals surface area contributed by atoms with Gasteiger partial charge in [-0.15, -0.1) is 0 Å². The van der Waals surface area contributed by atoms with Gasteiger partial charge in [0.2, 0.25) is 4.77 Å². The van der Waals surface area contributed by atoms with Gasteiger partial charge in [-0.1, -0.05) is 18.2 Å². The molecule has 3 rings (SSSR count). The third-order valence-corrected chi connectivity index (χ3v) is 3.52. The molecule has 0 saturated carbocycles. The van der Waals surface area contributed by atoms with E-state index in [1.807, 2.05) is 50.2 Å². The van der Waals surface area contributed by atoms with Gasteiger partial charge in [0.15, 0.2) is 0 Å². The van der Waals surface area contributed by atoms with E-state index in [0.29, 0.717) is 23.0 Å². The maximum absolute atomic E-state index is 5.75. The molecule has 0 saturated heterocycles. The van der Waals surface area contributed by atoms with Gasteiger partial charge in [0.05, 0.1) is 6.21 Å². The Kier molecular flexibility index (Phi) is 4.38. The molecule has 0 fully saturated rings. The van der Waals surface area contributed by atoms with Crippen LogP contribution in [0.5, 0.6) is 5.75 Å². The number of nitrogens with zero attached hydrogens (tertiary/aromatic N) is 3. The number of benzene rings is 1. The summed E-state index contributed by atoms with van der Waals surface area (Å²) >= 11 is 5.08. The summed E-state index contributed by atoms with van der Waals surface area (Å²) in [5, 5.41) is 10.9. The average Bonchev–Trinajstić information content (AvgIpc) is 3.12. The molecule has 23 heavy (non-hydrogen) atoms. The molecule has 0 aliphatic carbocycles. The van der Waals surface area contributed by atoms with Gasteiger partial charge >= 0.3 is 0 Å². The zero-order valence-corrected chi connectivity index (χ0v) is 13.6. The highest BCUT2D eigenvalue weighted by Gasteiger charge is 2.04. The summed E-state index contributed by atoms with van der Waals surface area (Å²) in [5.41, 5.74) is 1.09. The third-order valence-electron chi connectivity index (χ3n) is 3.26. The standard InChI is InChI=1S/C16H16N4O2S/c1-11-5-3-4-6-15(11)21-10-14-8-7-13(22-14)9-17-20-12(2)18-19-16(20)23/h3-9H,10H2,1-2H3,(H,19,23)/b17-9-. The zero-order valence-electron chi connectivity index (χ0n) is 12.8. The quantitative estimate of drug-likeness (QED) is 0.574. The summed E-state index contributed by atoms with van der Waals surface area (Å²) < 4.78 is 13.4. The van der Waals surface area contributed by atoms with E-state index in [0.717, 1.165) is 17.1 Å². The van der Waals surface area contributed by atoms with Gasteiger partial charge in [-0.05, 0) is 49.8 Å². The highest BCUT2D eigenvalue weighted by Crippen LogP contribution is 2.18. The maximum Gasteiger partial charge on any atom is 0.216 e. The number of hydrogen-bond acceptors (Lipinski definition) is 5. The third kappa shape index (κ3) is 3.57.